The van der Waals surface area contributed by atoms with Crippen molar-refractivity contribution in [1.82, 2.24) is 15.1 Å². The molecule has 0 unspecified atom stereocenters. The third kappa shape index (κ3) is 4.85. The van der Waals surface area contributed by atoms with Crippen molar-refractivity contribution in [3.63, 3.8) is 0 Å². The molecule has 0 saturated heterocycles. The molecule has 1 aliphatic rings. The van der Waals surface area contributed by atoms with Gasteiger partial charge in [-0.15, -0.1) is 0 Å². The number of para-hydroxylation sites is 1. The Morgan fingerprint density at radius 1 is 0.879 bits per heavy atom. The van der Waals surface area contributed by atoms with Crippen LogP contribution in [0.25, 0.3) is 16.9 Å². The summed E-state index contributed by atoms with van der Waals surface area (Å²) in [6, 6.07) is 26.8. The van der Waals surface area contributed by atoms with Crippen LogP contribution in [0.3, 0.4) is 0 Å². The second kappa shape index (κ2) is 9.12. The van der Waals surface area contributed by atoms with Gasteiger partial charge < -0.3 is 10.6 Å². The van der Waals surface area contributed by atoms with Gasteiger partial charge in [0.2, 0.25) is 5.91 Å². The number of anilines is 1. The first-order chi connectivity index (χ1) is 16.2. The lowest BCUT2D eigenvalue weighted by molar-refractivity contribution is -0.117. The number of carbonyl (C=O) groups excluding carboxylic acids is 2. The lowest BCUT2D eigenvalue weighted by atomic mass is 10.1. The minimum absolute atomic E-state index is 0.0519. The normalized spacial score (nSPS) is 12.8. The van der Waals surface area contributed by atoms with Gasteiger partial charge in [-0.1, -0.05) is 48.5 Å². The van der Waals surface area contributed by atoms with Crippen molar-refractivity contribution in [3.8, 4) is 16.9 Å². The minimum Gasteiger partial charge on any atom is -0.348 e. The molecule has 6 nitrogen and oxygen atoms in total. The van der Waals surface area contributed by atoms with Gasteiger partial charge in [-0.05, 0) is 49.2 Å². The molecule has 0 radical (unpaired) electrons. The van der Waals surface area contributed by atoms with Gasteiger partial charge in [-0.3, -0.25) is 9.59 Å². The average molecular weight is 437 g/mol. The molecule has 0 atom stereocenters. The van der Waals surface area contributed by atoms with Crippen molar-refractivity contribution in [3.05, 3.63) is 102 Å². The van der Waals surface area contributed by atoms with E-state index < -0.39 is 0 Å². The van der Waals surface area contributed by atoms with E-state index in [2.05, 4.69) is 10.6 Å². The zero-order chi connectivity index (χ0) is 22.6. The molecule has 1 heterocycles. The van der Waals surface area contributed by atoms with Crippen molar-refractivity contribution >= 4 is 17.5 Å². The van der Waals surface area contributed by atoms with Crippen molar-refractivity contribution in [2.45, 2.75) is 19.4 Å². The highest BCUT2D eigenvalue weighted by atomic mass is 16.2. The van der Waals surface area contributed by atoms with Gasteiger partial charge in [0.05, 0.1) is 11.4 Å². The topological polar surface area (TPSA) is 76.0 Å². The number of hydrogen-bond acceptors (Lipinski definition) is 3. The van der Waals surface area contributed by atoms with Crippen LogP contribution in [0.1, 0.15) is 28.8 Å². The molecular formula is C27H24N4O2. The van der Waals surface area contributed by atoms with Gasteiger partial charge in [0, 0.05) is 41.0 Å². The number of nitrogens with zero attached hydrogens (tertiary/aromatic N) is 2. The van der Waals surface area contributed by atoms with Crippen LogP contribution < -0.4 is 10.6 Å². The zero-order valence-electron chi connectivity index (χ0n) is 18.1. The van der Waals surface area contributed by atoms with Crippen LogP contribution in [0.5, 0.6) is 0 Å². The number of hydrogen-bond donors (Lipinski definition) is 2. The Balaban J connectivity index is 1.31. The molecule has 1 aromatic heterocycles. The Morgan fingerprint density at radius 3 is 2.21 bits per heavy atom. The lowest BCUT2D eigenvalue weighted by Crippen LogP contribution is -2.23. The SMILES string of the molecule is O=C(NCc1cn(-c2ccccc2)nc1-c1ccccc1)c1ccc(NC(=O)C2CC2)cc1. The third-order valence-corrected chi connectivity index (χ3v) is 5.66. The van der Waals surface area contributed by atoms with Crippen LogP contribution in [-0.4, -0.2) is 21.6 Å². The molecule has 1 saturated carbocycles. The Bertz CT molecular complexity index is 1260. The Hall–Kier alpha value is -4.19. The standard InChI is InChI=1S/C27H24N4O2/c32-26(20-13-15-23(16-14-20)29-27(33)21-11-12-21)28-17-22-18-31(24-9-5-2-6-10-24)30-25(22)19-7-3-1-4-8-19/h1-10,13-16,18,21H,11-12,17H2,(H,28,32)(H,29,33). The molecule has 1 aliphatic carbocycles. The highest BCUT2D eigenvalue weighted by Gasteiger charge is 2.29. The molecule has 0 spiro atoms. The van der Waals surface area contributed by atoms with Gasteiger partial charge in [0.15, 0.2) is 0 Å². The molecule has 2 N–H and O–H groups in total. The van der Waals surface area contributed by atoms with E-state index >= 15 is 0 Å². The fourth-order valence-corrected chi connectivity index (χ4v) is 3.66. The highest BCUT2D eigenvalue weighted by molar-refractivity contribution is 5.96. The number of aromatic nitrogens is 2. The van der Waals surface area contributed by atoms with E-state index in [1.54, 1.807) is 24.3 Å². The summed E-state index contributed by atoms with van der Waals surface area (Å²) in [6.07, 6.45) is 3.87. The first-order valence-electron chi connectivity index (χ1n) is 11.1. The van der Waals surface area contributed by atoms with E-state index in [0.29, 0.717) is 17.8 Å². The Labute approximate surface area is 192 Å². The first kappa shape index (κ1) is 20.7. The highest BCUT2D eigenvalue weighted by Crippen LogP contribution is 2.30. The molecule has 4 aromatic rings. The van der Waals surface area contributed by atoms with Crippen LogP contribution in [0.15, 0.2) is 91.1 Å². The summed E-state index contributed by atoms with van der Waals surface area (Å²) in [4.78, 5) is 24.7. The van der Waals surface area contributed by atoms with Gasteiger partial charge >= 0.3 is 0 Å². The fraction of sp³-hybridized carbons (Fsp3) is 0.148. The van der Waals surface area contributed by atoms with Gasteiger partial charge in [0.1, 0.15) is 0 Å². The molecule has 5 rings (SSSR count). The third-order valence-electron chi connectivity index (χ3n) is 5.66. The van der Waals surface area contributed by atoms with E-state index in [1.807, 2.05) is 71.5 Å². The predicted octanol–water partition coefficient (Wildman–Crippen LogP) is 4.82. The minimum atomic E-state index is -0.179. The first-order valence-corrected chi connectivity index (χ1v) is 11.1. The monoisotopic (exact) mass is 436 g/mol. The van der Waals surface area contributed by atoms with Gasteiger partial charge in [-0.25, -0.2) is 4.68 Å². The van der Waals surface area contributed by atoms with Gasteiger partial charge in [-0.2, -0.15) is 5.10 Å². The molecule has 33 heavy (non-hydrogen) atoms. The average Bonchev–Trinajstić information content (AvgIpc) is 3.63. The van der Waals surface area contributed by atoms with Crippen LogP contribution in [-0.2, 0) is 11.3 Å². The second-order valence-electron chi connectivity index (χ2n) is 8.17. The van der Waals surface area contributed by atoms with E-state index in [9.17, 15) is 9.59 Å². The summed E-state index contributed by atoms with van der Waals surface area (Å²) >= 11 is 0. The van der Waals surface area contributed by atoms with Gasteiger partial charge in [0.25, 0.3) is 5.91 Å². The molecule has 2 amide bonds. The van der Waals surface area contributed by atoms with Crippen LogP contribution in [0, 0.1) is 5.92 Å². The van der Waals surface area contributed by atoms with Crippen molar-refractivity contribution < 1.29 is 9.59 Å². The number of nitrogens with one attached hydrogen (secondary N) is 2. The van der Waals surface area contributed by atoms with E-state index in [0.717, 1.165) is 35.3 Å². The molecule has 164 valence electrons. The maximum atomic E-state index is 12.8. The number of rotatable bonds is 7. The molecule has 6 heteroatoms. The maximum absolute atomic E-state index is 12.8. The summed E-state index contributed by atoms with van der Waals surface area (Å²) in [5.41, 5.74) is 4.95. The molecule has 0 aliphatic heterocycles. The number of carbonyl (C=O) groups is 2. The Morgan fingerprint density at radius 2 is 1.55 bits per heavy atom. The predicted molar refractivity (Wildman–Crippen MR) is 128 cm³/mol. The molecular weight excluding hydrogens is 412 g/mol. The number of benzene rings is 3. The fourth-order valence-electron chi connectivity index (χ4n) is 3.66. The van der Waals surface area contributed by atoms with Crippen molar-refractivity contribution in [2.75, 3.05) is 5.32 Å². The summed E-state index contributed by atoms with van der Waals surface area (Å²) in [6.45, 7) is 0.343. The maximum Gasteiger partial charge on any atom is 0.251 e. The Kier molecular flexibility index (Phi) is 5.72. The summed E-state index contributed by atoms with van der Waals surface area (Å²) in [5.74, 6) is 0.0150. The number of amides is 2. The van der Waals surface area contributed by atoms with Crippen LogP contribution >= 0.6 is 0 Å². The molecule has 0 bridgehead atoms. The zero-order valence-corrected chi connectivity index (χ0v) is 18.1. The largest absolute Gasteiger partial charge is 0.348 e. The van der Waals surface area contributed by atoms with Crippen LogP contribution in [0.2, 0.25) is 0 Å². The van der Waals surface area contributed by atoms with E-state index in [4.69, 9.17) is 5.10 Å². The summed E-state index contributed by atoms with van der Waals surface area (Å²) in [5, 5.41) is 10.7. The smallest absolute Gasteiger partial charge is 0.251 e. The van der Waals surface area contributed by atoms with Crippen molar-refractivity contribution in [1.29, 1.82) is 0 Å². The lowest BCUT2D eigenvalue weighted by Gasteiger charge is -2.08. The summed E-state index contributed by atoms with van der Waals surface area (Å²) < 4.78 is 1.83. The van der Waals surface area contributed by atoms with Crippen molar-refractivity contribution in [2.24, 2.45) is 5.92 Å². The molecule has 3 aromatic carbocycles. The van der Waals surface area contributed by atoms with Crippen LogP contribution in [0.4, 0.5) is 5.69 Å². The quantitative estimate of drug-likeness (QED) is 0.436. The molecule has 1 fully saturated rings. The van der Waals surface area contributed by atoms with E-state index in [1.165, 1.54) is 0 Å². The summed E-state index contributed by atoms with van der Waals surface area (Å²) in [7, 11) is 0. The second-order valence-corrected chi connectivity index (χ2v) is 8.17. The van der Waals surface area contributed by atoms with E-state index in [-0.39, 0.29) is 17.7 Å².